The lowest BCUT2D eigenvalue weighted by atomic mass is 10.0. The van der Waals surface area contributed by atoms with Gasteiger partial charge in [0, 0.05) is 121 Å². The Balaban J connectivity index is 0.000000109. The molecule has 0 radical (unpaired) electrons. The summed E-state index contributed by atoms with van der Waals surface area (Å²) >= 11 is 11.7. The largest absolute Gasteiger partial charge is 0.135 e. The second kappa shape index (κ2) is 28.5. The molecule has 0 saturated carbocycles. The summed E-state index contributed by atoms with van der Waals surface area (Å²) in [5.41, 5.74) is 33.8. The van der Waals surface area contributed by atoms with Crippen molar-refractivity contribution in [3.05, 3.63) is 279 Å². The van der Waals surface area contributed by atoms with Gasteiger partial charge in [-0.2, -0.15) is 0 Å². The van der Waals surface area contributed by atoms with Crippen LogP contribution < -0.4 is 0 Å². The number of rotatable bonds is 0. The van der Waals surface area contributed by atoms with Crippen molar-refractivity contribution in [1.82, 2.24) is 0 Å². The maximum atomic E-state index is 2.27. The highest BCUT2D eigenvalue weighted by molar-refractivity contribution is 7.28. The summed E-state index contributed by atoms with van der Waals surface area (Å²) in [5, 5.41) is 17.0. The van der Waals surface area contributed by atoms with E-state index in [1.165, 1.54) is 255 Å². The lowest BCUT2D eigenvalue weighted by Gasteiger charge is -2.01. The molecule has 0 fully saturated rings. The third kappa shape index (κ3) is 12.8. The fourth-order valence-corrected chi connectivity index (χ4v) is 22.7. The van der Waals surface area contributed by atoms with E-state index in [4.69, 9.17) is 0 Å². The van der Waals surface area contributed by atoms with Gasteiger partial charge in [0.25, 0.3) is 0 Å². The number of hydrogen-bond donors (Lipinski definition) is 0. The molecule has 0 spiro atoms. The fourth-order valence-electron chi connectivity index (χ4n) is 14.2. The van der Waals surface area contributed by atoms with E-state index in [0.29, 0.717) is 0 Å². The zero-order valence-corrected chi connectivity index (χ0v) is 69.2. The lowest BCUT2D eigenvalue weighted by Crippen LogP contribution is -1.80. The number of thiophene rings is 6. The number of aryl methyl sites for hydroxylation is 24. The topological polar surface area (TPSA) is 0 Å². The molecule has 6 heteroatoms. The summed E-state index contributed by atoms with van der Waals surface area (Å²) in [6, 6.07) is 54.1. The van der Waals surface area contributed by atoms with E-state index in [1.54, 1.807) is 0 Å². The Bertz CT molecular complexity index is 5030. The molecular weight excluding hydrogens is 1350 g/mol. The maximum Gasteiger partial charge on any atom is 0.0387 e. The second-order valence-corrected chi connectivity index (χ2v) is 35.3. The van der Waals surface area contributed by atoms with Crippen molar-refractivity contribution in [2.24, 2.45) is 0 Å². The molecule has 0 amide bonds. The summed E-state index contributed by atoms with van der Waals surface area (Å²) in [5.74, 6) is 0. The Morgan fingerprint density at radius 1 is 0.108 bits per heavy atom. The highest BCUT2D eigenvalue weighted by Gasteiger charge is 2.18. The minimum absolute atomic E-state index is 1.39. The summed E-state index contributed by atoms with van der Waals surface area (Å²) in [6.45, 7) is 53.1. The van der Waals surface area contributed by atoms with E-state index < -0.39 is 0 Å². The van der Waals surface area contributed by atoms with Crippen molar-refractivity contribution in [3.63, 3.8) is 0 Å². The monoisotopic (exact) mass is 1440 g/mol. The zero-order chi connectivity index (χ0) is 72.9. The Hall–Kier alpha value is -8.04. The normalized spacial score (nSPS) is 11.5. The van der Waals surface area contributed by atoms with Crippen LogP contribution in [0.25, 0.3) is 121 Å². The van der Waals surface area contributed by atoms with Crippen molar-refractivity contribution in [2.75, 3.05) is 0 Å². The molecule has 12 aromatic carbocycles. The molecule has 0 unspecified atom stereocenters. The Morgan fingerprint density at radius 3 is 0.245 bits per heavy atom. The average Bonchev–Trinajstić information content (AvgIpc) is 1.66. The van der Waals surface area contributed by atoms with Crippen molar-refractivity contribution in [2.45, 2.75) is 166 Å². The van der Waals surface area contributed by atoms with Gasteiger partial charge in [0.2, 0.25) is 0 Å². The summed E-state index contributed by atoms with van der Waals surface area (Å²) in [7, 11) is 0. The van der Waals surface area contributed by atoms with Crippen LogP contribution in [0.15, 0.2) is 146 Å². The highest BCUT2D eigenvalue weighted by atomic mass is 32.1. The molecular formula is C96H96S6. The van der Waals surface area contributed by atoms with Gasteiger partial charge in [-0.3, -0.25) is 0 Å². The standard InChI is InChI=1S/6C16H16S/c6*1-9-5-7-13-14-8-6-10(2)12(4)16(14)17-15(13)11(9)3/h6*5-8H,1-4H3. The van der Waals surface area contributed by atoms with Gasteiger partial charge in [-0.25, -0.2) is 0 Å². The predicted molar refractivity (Wildman–Crippen MR) is 470 cm³/mol. The van der Waals surface area contributed by atoms with E-state index in [0.717, 1.165) is 0 Å². The van der Waals surface area contributed by atoms with Crippen LogP contribution in [0.5, 0.6) is 0 Å². The molecule has 0 saturated heterocycles. The molecule has 6 heterocycles. The first-order valence-corrected chi connectivity index (χ1v) is 40.8. The van der Waals surface area contributed by atoms with E-state index >= 15 is 0 Å². The molecule has 0 atom stereocenters. The Morgan fingerprint density at radius 2 is 0.176 bits per heavy atom. The summed E-state index contributed by atoms with van der Waals surface area (Å²) < 4.78 is 17.4. The molecule has 0 N–H and O–H groups in total. The Labute approximate surface area is 629 Å². The molecule has 0 aliphatic heterocycles. The lowest BCUT2D eigenvalue weighted by molar-refractivity contribution is 1.39. The van der Waals surface area contributed by atoms with Crippen molar-refractivity contribution in [1.29, 1.82) is 0 Å². The van der Waals surface area contributed by atoms with Crippen LogP contribution in [0.2, 0.25) is 0 Å². The molecule has 0 aliphatic rings. The zero-order valence-electron chi connectivity index (χ0n) is 64.3. The molecule has 0 bridgehead atoms. The van der Waals surface area contributed by atoms with Crippen LogP contribution in [0, 0.1) is 166 Å². The van der Waals surface area contributed by atoms with Crippen molar-refractivity contribution in [3.8, 4) is 0 Å². The van der Waals surface area contributed by atoms with Crippen LogP contribution in [0.4, 0.5) is 0 Å². The van der Waals surface area contributed by atoms with Crippen molar-refractivity contribution >= 4 is 189 Å². The molecule has 516 valence electrons. The molecule has 0 aliphatic carbocycles. The van der Waals surface area contributed by atoms with Crippen LogP contribution in [0.1, 0.15) is 134 Å². The SMILES string of the molecule is Cc1ccc2c(sc3c(C)c(C)ccc32)c1C.Cc1ccc2c(sc3c(C)c(C)ccc32)c1C.Cc1ccc2c(sc3c(C)c(C)ccc32)c1C.Cc1ccc2c(sc3c(C)c(C)ccc32)c1C.Cc1ccc2c(sc3c(C)c(C)ccc32)c1C.Cc1ccc2c(sc3c(C)c(C)ccc32)c1C. The molecule has 0 nitrogen and oxygen atoms in total. The summed E-state index contributed by atoms with van der Waals surface area (Å²) in [4.78, 5) is 0. The third-order valence-electron chi connectivity index (χ3n) is 23.1. The van der Waals surface area contributed by atoms with Gasteiger partial charge in [0.15, 0.2) is 0 Å². The fraction of sp³-hybridized carbons (Fsp3) is 0.250. The van der Waals surface area contributed by atoms with Crippen LogP contribution in [-0.2, 0) is 0 Å². The van der Waals surface area contributed by atoms with Gasteiger partial charge in [-0.15, -0.1) is 68.0 Å². The first-order chi connectivity index (χ1) is 48.6. The number of hydrogen-bond acceptors (Lipinski definition) is 6. The molecule has 102 heavy (non-hydrogen) atoms. The molecule has 18 rings (SSSR count). The minimum Gasteiger partial charge on any atom is -0.135 e. The first kappa shape index (κ1) is 72.3. The van der Waals surface area contributed by atoms with E-state index in [1.807, 2.05) is 68.0 Å². The Kier molecular flexibility index (Phi) is 20.2. The highest BCUT2D eigenvalue weighted by Crippen LogP contribution is 2.45. The average molecular weight is 1440 g/mol. The number of benzene rings is 12. The third-order valence-corrected chi connectivity index (χ3v) is 31.8. The maximum absolute atomic E-state index is 2.27. The van der Waals surface area contributed by atoms with Crippen molar-refractivity contribution < 1.29 is 0 Å². The van der Waals surface area contributed by atoms with Gasteiger partial charge in [0.1, 0.15) is 0 Å². The second-order valence-electron chi connectivity index (χ2n) is 29.2. The quantitative estimate of drug-likeness (QED) is 0.142. The van der Waals surface area contributed by atoms with E-state index in [2.05, 4.69) is 312 Å². The number of fused-ring (bicyclic) bond motifs is 18. The van der Waals surface area contributed by atoms with Gasteiger partial charge in [0.05, 0.1) is 0 Å². The van der Waals surface area contributed by atoms with E-state index in [-0.39, 0.29) is 0 Å². The minimum atomic E-state index is 1.39. The van der Waals surface area contributed by atoms with Crippen LogP contribution in [0.3, 0.4) is 0 Å². The molecule has 18 aromatic rings. The van der Waals surface area contributed by atoms with E-state index in [9.17, 15) is 0 Å². The smallest absolute Gasteiger partial charge is 0.0387 e. The summed E-state index contributed by atoms with van der Waals surface area (Å²) in [6.07, 6.45) is 0. The first-order valence-electron chi connectivity index (χ1n) is 35.9. The van der Waals surface area contributed by atoms with Crippen LogP contribution >= 0.6 is 68.0 Å². The van der Waals surface area contributed by atoms with Gasteiger partial charge in [-0.05, 0) is 300 Å². The van der Waals surface area contributed by atoms with Gasteiger partial charge in [-0.1, -0.05) is 146 Å². The predicted octanol–water partition coefficient (Wildman–Crippen LogP) is 31.7. The van der Waals surface area contributed by atoms with Crippen LogP contribution in [-0.4, -0.2) is 0 Å². The van der Waals surface area contributed by atoms with Gasteiger partial charge >= 0.3 is 0 Å². The van der Waals surface area contributed by atoms with Gasteiger partial charge < -0.3 is 0 Å². The molecule has 6 aromatic heterocycles.